The number of fused-ring (bicyclic) bond motifs is 1. The summed E-state index contributed by atoms with van der Waals surface area (Å²) in [6.45, 7) is 3.63. The van der Waals surface area contributed by atoms with E-state index in [1.807, 2.05) is 36.4 Å². The summed E-state index contributed by atoms with van der Waals surface area (Å²) in [7, 11) is -3.79. The van der Waals surface area contributed by atoms with Gasteiger partial charge in [0.05, 0.1) is 18.1 Å². The maximum Gasteiger partial charge on any atom is 0.243 e. The SMILES string of the molecule is CCc1ccc(CN(Cc2cccnc2)S(=O)(=O)c2ccc3c(c2)OCCCO3)cc1. The number of hydrogen-bond acceptors (Lipinski definition) is 5. The third kappa shape index (κ3) is 5.06. The van der Waals surface area contributed by atoms with Crippen molar-refractivity contribution >= 4 is 10.0 Å². The van der Waals surface area contributed by atoms with E-state index in [4.69, 9.17) is 9.47 Å². The van der Waals surface area contributed by atoms with Crippen LogP contribution >= 0.6 is 0 Å². The molecule has 7 heteroatoms. The number of aryl methyl sites for hydroxylation is 1. The number of rotatable bonds is 7. The van der Waals surface area contributed by atoms with Crippen molar-refractivity contribution in [3.63, 3.8) is 0 Å². The standard InChI is InChI=1S/C24H26N2O4S/c1-2-19-6-8-20(9-7-19)17-26(18-21-5-3-12-25-16-21)31(27,28)22-10-11-23-24(15-22)30-14-4-13-29-23/h3,5-12,15-16H,2,4,13-14,17-18H2,1H3. The second-order valence-corrected chi connectivity index (χ2v) is 9.40. The lowest BCUT2D eigenvalue weighted by Crippen LogP contribution is -2.30. The summed E-state index contributed by atoms with van der Waals surface area (Å²) in [6.07, 6.45) is 5.07. The highest BCUT2D eigenvalue weighted by atomic mass is 32.2. The van der Waals surface area contributed by atoms with Gasteiger partial charge >= 0.3 is 0 Å². The minimum atomic E-state index is -3.79. The highest BCUT2D eigenvalue weighted by Crippen LogP contribution is 2.33. The van der Waals surface area contributed by atoms with Gasteiger partial charge in [0.1, 0.15) is 0 Å². The van der Waals surface area contributed by atoms with E-state index in [9.17, 15) is 8.42 Å². The lowest BCUT2D eigenvalue weighted by molar-refractivity contribution is 0.296. The Bertz CT molecular complexity index is 1120. The molecular formula is C24H26N2O4S. The van der Waals surface area contributed by atoms with Crippen molar-refractivity contribution in [2.75, 3.05) is 13.2 Å². The first-order valence-corrected chi connectivity index (χ1v) is 11.9. The van der Waals surface area contributed by atoms with E-state index in [0.717, 1.165) is 24.0 Å². The molecule has 0 spiro atoms. The van der Waals surface area contributed by atoms with Crippen molar-refractivity contribution in [3.8, 4) is 11.5 Å². The van der Waals surface area contributed by atoms with Crippen LogP contribution in [0.15, 0.2) is 71.9 Å². The Hall–Kier alpha value is -2.90. The van der Waals surface area contributed by atoms with Gasteiger partial charge < -0.3 is 9.47 Å². The van der Waals surface area contributed by atoms with Crippen LogP contribution in [-0.4, -0.2) is 30.9 Å². The number of aromatic nitrogens is 1. The summed E-state index contributed by atoms with van der Waals surface area (Å²) in [6, 6.07) is 16.6. The predicted molar refractivity (Wildman–Crippen MR) is 119 cm³/mol. The van der Waals surface area contributed by atoms with Crippen LogP contribution in [0.5, 0.6) is 11.5 Å². The Labute approximate surface area is 183 Å². The molecule has 3 aromatic rings. The normalized spacial score (nSPS) is 13.7. The predicted octanol–water partition coefficient (Wildman–Crippen LogP) is 4.20. The largest absolute Gasteiger partial charge is 0.490 e. The van der Waals surface area contributed by atoms with Crippen molar-refractivity contribution in [2.24, 2.45) is 0 Å². The summed E-state index contributed by atoms with van der Waals surface area (Å²) < 4.78 is 40.1. The van der Waals surface area contributed by atoms with Crippen molar-refractivity contribution in [2.45, 2.75) is 37.8 Å². The highest BCUT2D eigenvalue weighted by molar-refractivity contribution is 7.89. The minimum absolute atomic E-state index is 0.186. The molecule has 0 N–H and O–H groups in total. The van der Waals surface area contributed by atoms with Crippen LogP contribution in [0.25, 0.3) is 0 Å². The Morgan fingerprint density at radius 3 is 2.32 bits per heavy atom. The van der Waals surface area contributed by atoms with Crippen molar-refractivity contribution in [3.05, 3.63) is 83.7 Å². The smallest absolute Gasteiger partial charge is 0.243 e. The first-order chi connectivity index (χ1) is 15.1. The van der Waals surface area contributed by atoms with Crippen molar-refractivity contribution in [1.29, 1.82) is 0 Å². The molecule has 0 saturated carbocycles. The average Bonchev–Trinajstić information content (AvgIpc) is 3.05. The molecule has 0 atom stereocenters. The molecule has 162 valence electrons. The number of hydrogen-bond donors (Lipinski definition) is 0. The lowest BCUT2D eigenvalue weighted by atomic mass is 10.1. The summed E-state index contributed by atoms with van der Waals surface area (Å²) in [4.78, 5) is 4.32. The van der Waals surface area contributed by atoms with E-state index in [1.54, 1.807) is 30.6 Å². The Kier molecular flexibility index (Phi) is 6.53. The summed E-state index contributed by atoms with van der Waals surface area (Å²) in [5, 5.41) is 0. The molecule has 2 heterocycles. The Morgan fingerprint density at radius 1 is 0.903 bits per heavy atom. The van der Waals surface area contributed by atoms with E-state index in [1.165, 1.54) is 9.87 Å². The van der Waals surface area contributed by atoms with Gasteiger partial charge in [-0.2, -0.15) is 4.31 Å². The molecule has 0 amide bonds. The second kappa shape index (κ2) is 9.49. The van der Waals surface area contributed by atoms with Gasteiger partial charge in [0.15, 0.2) is 11.5 Å². The molecule has 0 aliphatic carbocycles. The van der Waals surface area contributed by atoms with Gasteiger partial charge in [-0.1, -0.05) is 37.3 Å². The van der Waals surface area contributed by atoms with E-state index in [-0.39, 0.29) is 18.0 Å². The summed E-state index contributed by atoms with van der Waals surface area (Å²) >= 11 is 0. The fourth-order valence-electron chi connectivity index (χ4n) is 3.46. The van der Waals surface area contributed by atoms with Crippen LogP contribution in [0.1, 0.15) is 30.0 Å². The fourth-order valence-corrected chi connectivity index (χ4v) is 4.89. The number of benzene rings is 2. The van der Waals surface area contributed by atoms with E-state index in [2.05, 4.69) is 11.9 Å². The molecule has 0 bridgehead atoms. The molecule has 1 aliphatic rings. The molecular weight excluding hydrogens is 412 g/mol. The van der Waals surface area contributed by atoms with Crippen LogP contribution in [0.4, 0.5) is 0 Å². The minimum Gasteiger partial charge on any atom is -0.490 e. The maximum atomic E-state index is 13.6. The van der Waals surface area contributed by atoms with Crippen molar-refractivity contribution in [1.82, 2.24) is 9.29 Å². The van der Waals surface area contributed by atoms with Crippen LogP contribution in [0.3, 0.4) is 0 Å². The zero-order chi connectivity index (χ0) is 21.7. The summed E-state index contributed by atoms with van der Waals surface area (Å²) in [5.74, 6) is 1.04. The molecule has 1 aliphatic heterocycles. The first-order valence-electron chi connectivity index (χ1n) is 10.4. The van der Waals surface area contributed by atoms with Gasteiger partial charge in [-0.3, -0.25) is 4.98 Å². The van der Waals surface area contributed by atoms with E-state index < -0.39 is 10.0 Å². The van der Waals surface area contributed by atoms with Crippen LogP contribution in [-0.2, 0) is 29.5 Å². The van der Waals surface area contributed by atoms with Crippen LogP contribution in [0, 0.1) is 0 Å². The van der Waals surface area contributed by atoms with Gasteiger partial charge in [0.25, 0.3) is 0 Å². The lowest BCUT2D eigenvalue weighted by Gasteiger charge is -2.23. The van der Waals surface area contributed by atoms with E-state index in [0.29, 0.717) is 24.7 Å². The molecule has 1 aromatic heterocycles. The number of ether oxygens (including phenoxy) is 2. The van der Waals surface area contributed by atoms with Gasteiger partial charge in [-0.05, 0) is 41.3 Å². The molecule has 31 heavy (non-hydrogen) atoms. The van der Waals surface area contributed by atoms with Crippen LogP contribution < -0.4 is 9.47 Å². The quantitative estimate of drug-likeness (QED) is 0.553. The zero-order valence-electron chi connectivity index (χ0n) is 17.5. The van der Waals surface area contributed by atoms with Gasteiger partial charge in [-0.15, -0.1) is 0 Å². The van der Waals surface area contributed by atoms with Crippen LogP contribution in [0.2, 0.25) is 0 Å². The first kappa shape index (κ1) is 21.3. The topological polar surface area (TPSA) is 68.7 Å². The third-order valence-corrected chi connectivity index (χ3v) is 7.02. The molecule has 0 saturated heterocycles. The molecule has 4 rings (SSSR count). The summed E-state index contributed by atoms with van der Waals surface area (Å²) in [5.41, 5.74) is 2.97. The Morgan fingerprint density at radius 2 is 1.61 bits per heavy atom. The molecule has 2 aromatic carbocycles. The Balaban J connectivity index is 1.67. The van der Waals surface area contributed by atoms with Gasteiger partial charge in [0.2, 0.25) is 10.0 Å². The fraction of sp³-hybridized carbons (Fsp3) is 0.292. The molecule has 6 nitrogen and oxygen atoms in total. The zero-order valence-corrected chi connectivity index (χ0v) is 18.3. The van der Waals surface area contributed by atoms with Gasteiger partial charge in [-0.25, -0.2) is 8.42 Å². The molecule has 0 unspecified atom stereocenters. The highest BCUT2D eigenvalue weighted by Gasteiger charge is 2.27. The monoisotopic (exact) mass is 438 g/mol. The number of pyridine rings is 1. The third-order valence-electron chi connectivity index (χ3n) is 5.23. The molecule has 0 fully saturated rings. The molecule has 0 radical (unpaired) electrons. The van der Waals surface area contributed by atoms with Crippen molar-refractivity contribution < 1.29 is 17.9 Å². The van der Waals surface area contributed by atoms with E-state index >= 15 is 0 Å². The maximum absolute atomic E-state index is 13.6. The number of sulfonamides is 1. The average molecular weight is 439 g/mol. The van der Waals surface area contributed by atoms with Gasteiger partial charge in [0, 0.05) is 38.0 Å². The number of nitrogens with zero attached hydrogens (tertiary/aromatic N) is 2. The second-order valence-electron chi connectivity index (χ2n) is 7.46.